The number of carbonyl (C=O) groups is 1. The summed E-state index contributed by atoms with van der Waals surface area (Å²) in [6.07, 6.45) is 1.30. The number of anilines is 1. The summed E-state index contributed by atoms with van der Waals surface area (Å²) in [5, 5.41) is 0. The monoisotopic (exact) mass is 650 g/mol. The molecule has 1 aliphatic carbocycles. The van der Waals surface area contributed by atoms with Crippen LogP contribution in [0.25, 0.3) is 11.1 Å². The molecule has 48 heavy (non-hydrogen) atoms. The molecule has 6 nitrogen and oxygen atoms in total. The molecular formula is C41H47FN2O4. The van der Waals surface area contributed by atoms with Crippen molar-refractivity contribution in [2.45, 2.75) is 59.7 Å². The third kappa shape index (κ3) is 8.01. The molecule has 1 aliphatic heterocycles. The Kier molecular flexibility index (Phi) is 11.1. The number of benzene rings is 4. The molecule has 1 heterocycles. The Morgan fingerprint density at radius 1 is 0.812 bits per heavy atom. The molecule has 0 N–H and O–H groups in total. The Hall–Kier alpha value is -4.78. The van der Waals surface area contributed by atoms with Crippen LogP contribution in [-0.2, 0) is 17.8 Å². The summed E-state index contributed by atoms with van der Waals surface area (Å²) in [7, 11) is 1.63. The van der Waals surface area contributed by atoms with Gasteiger partial charge in [0.25, 0.3) is 0 Å². The molecule has 0 atom stereocenters. The minimum Gasteiger partial charge on any atom is -0.496 e. The molecule has 1 amide bonds. The number of allylic oxidation sites excluding steroid dienone is 1. The fraction of sp³-hybridized carbons (Fsp3) is 0.341. The molecular weight excluding hydrogens is 603 g/mol. The van der Waals surface area contributed by atoms with Gasteiger partial charge in [-0.1, -0.05) is 80.6 Å². The maximum absolute atomic E-state index is 16.2. The van der Waals surface area contributed by atoms with Crippen LogP contribution in [0.4, 0.5) is 14.9 Å². The second-order valence-corrected chi connectivity index (χ2v) is 12.8. The number of hydrogen-bond acceptors (Lipinski definition) is 5. The minimum atomic E-state index is -0.564. The summed E-state index contributed by atoms with van der Waals surface area (Å²) < 4.78 is 33.8. The average molecular weight is 651 g/mol. The van der Waals surface area contributed by atoms with Crippen LogP contribution in [0, 0.1) is 5.82 Å². The largest absolute Gasteiger partial charge is 0.496 e. The number of nitrogens with zero attached hydrogens (tertiary/aromatic N) is 2. The summed E-state index contributed by atoms with van der Waals surface area (Å²) in [6.45, 7) is 11.9. The first-order valence-corrected chi connectivity index (χ1v) is 16.9. The second-order valence-electron chi connectivity index (χ2n) is 12.8. The summed E-state index contributed by atoms with van der Waals surface area (Å²) in [5.74, 6) is 1.09. The van der Waals surface area contributed by atoms with E-state index in [1.54, 1.807) is 24.1 Å². The van der Waals surface area contributed by atoms with E-state index in [0.717, 1.165) is 52.0 Å². The standard InChI is InChI=1S/C39H41FN2O4.C2H6/c1-39(2,3)46-38(43)42-21-19-41(20-22-42)35-25-36(44-4)33(24-34(35)40)37-31(28-13-9-6-10-14-28)17-15-29-23-30(16-18-32(29)37)45-26-27-11-7-5-8-12-27;1-2/h5-14,16,18,23-25H,15,17,19-22,26H2,1-4H3;1-2H3. The summed E-state index contributed by atoms with van der Waals surface area (Å²) in [5.41, 5.74) is 7.17. The lowest BCUT2D eigenvalue weighted by Crippen LogP contribution is -2.50. The van der Waals surface area contributed by atoms with Gasteiger partial charge in [-0.15, -0.1) is 0 Å². The average Bonchev–Trinajstić information content (AvgIpc) is 3.11. The number of amides is 1. The number of piperazine rings is 1. The van der Waals surface area contributed by atoms with Gasteiger partial charge in [-0.2, -0.15) is 0 Å². The summed E-state index contributed by atoms with van der Waals surface area (Å²) >= 11 is 0. The number of ether oxygens (including phenoxy) is 3. The lowest BCUT2D eigenvalue weighted by Gasteiger charge is -2.37. The highest BCUT2D eigenvalue weighted by Crippen LogP contribution is 2.46. The summed E-state index contributed by atoms with van der Waals surface area (Å²) in [4.78, 5) is 16.2. The van der Waals surface area contributed by atoms with Crippen LogP contribution in [0.3, 0.4) is 0 Å². The number of halogens is 1. The van der Waals surface area contributed by atoms with Crippen LogP contribution in [0.1, 0.15) is 68.9 Å². The normalized spacial score (nSPS) is 14.5. The topological polar surface area (TPSA) is 51.2 Å². The van der Waals surface area contributed by atoms with Crippen LogP contribution >= 0.6 is 0 Å². The van der Waals surface area contributed by atoms with Crippen LogP contribution in [0.2, 0.25) is 0 Å². The Bertz CT molecular complexity index is 1720. The first kappa shape index (κ1) is 34.6. The molecule has 0 radical (unpaired) electrons. The van der Waals surface area contributed by atoms with Crippen LogP contribution in [0.15, 0.2) is 91.0 Å². The Morgan fingerprint density at radius 2 is 1.48 bits per heavy atom. The molecule has 1 fully saturated rings. The van der Waals surface area contributed by atoms with E-state index in [9.17, 15) is 4.79 Å². The van der Waals surface area contributed by atoms with Crippen molar-refractivity contribution in [2.75, 3.05) is 38.2 Å². The minimum absolute atomic E-state index is 0.323. The zero-order valence-electron chi connectivity index (χ0n) is 29.0. The predicted molar refractivity (Wildman–Crippen MR) is 192 cm³/mol. The number of methoxy groups -OCH3 is 1. The third-order valence-electron chi connectivity index (χ3n) is 8.47. The van der Waals surface area contributed by atoms with Crippen molar-refractivity contribution in [3.63, 3.8) is 0 Å². The van der Waals surface area contributed by atoms with Crippen molar-refractivity contribution >= 4 is 22.9 Å². The van der Waals surface area contributed by atoms with Crippen LogP contribution < -0.4 is 14.4 Å². The van der Waals surface area contributed by atoms with Crippen molar-refractivity contribution in [1.82, 2.24) is 4.90 Å². The molecule has 252 valence electrons. The van der Waals surface area contributed by atoms with E-state index in [4.69, 9.17) is 14.2 Å². The number of aryl methyl sites for hydroxylation is 1. The number of fused-ring (bicyclic) bond motifs is 1. The van der Waals surface area contributed by atoms with Gasteiger partial charge in [0.15, 0.2) is 0 Å². The van der Waals surface area contributed by atoms with Gasteiger partial charge >= 0.3 is 6.09 Å². The van der Waals surface area contributed by atoms with Crippen molar-refractivity contribution in [3.05, 3.63) is 125 Å². The molecule has 4 aromatic rings. The molecule has 6 rings (SSSR count). The molecule has 0 unspecified atom stereocenters. The molecule has 0 aromatic heterocycles. The lowest BCUT2D eigenvalue weighted by atomic mass is 9.79. The van der Waals surface area contributed by atoms with Gasteiger partial charge in [-0.05, 0) is 85.2 Å². The van der Waals surface area contributed by atoms with E-state index in [1.807, 2.05) is 82.0 Å². The first-order valence-electron chi connectivity index (χ1n) is 16.9. The summed E-state index contributed by atoms with van der Waals surface area (Å²) in [6, 6.07) is 30.0. The quantitative estimate of drug-likeness (QED) is 0.200. The molecule has 1 saturated heterocycles. The molecule has 7 heteroatoms. The van der Waals surface area contributed by atoms with E-state index in [1.165, 1.54) is 0 Å². The molecule has 0 saturated carbocycles. The Morgan fingerprint density at radius 3 is 2.12 bits per heavy atom. The first-order chi connectivity index (χ1) is 23.2. The zero-order valence-corrected chi connectivity index (χ0v) is 29.0. The number of rotatable bonds is 7. The molecule has 4 aromatic carbocycles. The smallest absolute Gasteiger partial charge is 0.410 e. The van der Waals surface area contributed by atoms with E-state index in [-0.39, 0.29) is 11.9 Å². The predicted octanol–water partition coefficient (Wildman–Crippen LogP) is 9.40. The van der Waals surface area contributed by atoms with Gasteiger partial charge in [-0.25, -0.2) is 9.18 Å². The highest BCUT2D eigenvalue weighted by atomic mass is 19.1. The highest BCUT2D eigenvalue weighted by Gasteiger charge is 2.29. The lowest BCUT2D eigenvalue weighted by molar-refractivity contribution is 0.0240. The van der Waals surface area contributed by atoms with E-state index in [0.29, 0.717) is 49.8 Å². The SMILES string of the molecule is CC.COc1cc(N2CCN(C(=O)OC(C)(C)C)CC2)c(F)cc1C1=C(c2ccccc2)CCc2cc(OCc3ccccc3)ccc21. The number of hydrogen-bond donors (Lipinski definition) is 0. The Labute approximate surface area is 284 Å². The van der Waals surface area contributed by atoms with E-state index < -0.39 is 5.60 Å². The molecule has 0 spiro atoms. The molecule has 0 bridgehead atoms. The maximum Gasteiger partial charge on any atom is 0.410 e. The molecule has 2 aliphatic rings. The van der Waals surface area contributed by atoms with Gasteiger partial charge in [0, 0.05) is 37.8 Å². The van der Waals surface area contributed by atoms with E-state index >= 15 is 4.39 Å². The van der Waals surface area contributed by atoms with Crippen LogP contribution in [-0.4, -0.2) is 49.9 Å². The van der Waals surface area contributed by atoms with Gasteiger partial charge in [0.2, 0.25) is 0 Å². The van der Waals surface area contributed by atoms with Gasteiger partial charge < -0.3 is 24.0 Å². The zero-order chi connectivity index (χ0) is 34.3. The fourth-order valence-electron chi connectivity index (χ4n) is 6.24. The van der Waals surface area contributed by atoms with Crippen molar-refractivity contribution in [1.29, 1.82) is 0 Å². The fourth-order valence-corrected chi connectivity index (χ4v) is 6.24. The van der Waals surface area contributed by atoms with Crippen molar-refractivity contribution in [3.8, 4) is 11.5 Å². The number of carbonyl (C=O) groups excluding carboxylic acids is 1. The highest BCUT2D eigenvalue weighted by molar-refractivity contribution is 6.02. The van der Waals surface area contributed by atoms with Gasteiger partial charge in [0.1, 0.15) is 29.5 Å². The third-order valence-corrected chi connectivity index (χ3v) is 8.47. The van der Waals surface area contributed by atoms with Gasteiger partial charge in [0.05, 0.1) is 12.8 Å². The maximum atomic E-state index is 16.2. The van der Waals surface area contributed by atoms with E-state index in [2.05, 4.69) is 36.4 Å². The Balaban J connectivity index is 0.00000221. The van der Waals surface area contributed by atoms with Crippen LogP contribution in [0.5, 0.6) is 11.5 Å². The second kappa shape index (κ2) is 15.4. The van der Waals surface area contributed by atoms with Gasteiger partial charge in [-0.3, -0.25) is 0 Å². The van der Waals surface area contributed by atoms with Crippen molar-refractivity contribution in [2.24, 2.45) is 0 Å². The van der Waals surface area contributed by atoms with Crippen molar-refractivity contribution < 1.29 is 23.4 Å².